The first-order valence-corrected chi connectivity index (χ1v) is 9.38. The molecular weight excluding hydrogens is 380 g/mol. The van der Waals surface area contributed by atoms with E-state index in [1.165, 1.54) is 5.56 Å². The second-order valence-electron chi connectivity index (χ2n) is 6.29. The van der Waals surface area contributed by atoms with Gasteiger partial charge in [-0.05, 0) is 30.2 Å². The van der Waals surface area contributed by atoms with E-state index >= 15 is 0 Å². The van der Waals surface area contributed by atoms with Crippen LogP contribution < -0.4 is 0 Å². The number of carbonyl (C=O) groups is 1. The summed E-state index contributed by atoms with van der Waals surface area (Å²) >= 11 is 3.47. The van der Waals surface area contributed by atoms with Crippen LogP contribution >= 0.6 is 15.9 Å². The van der Waals surface area contributed by atoms with Crippen LogP contribution in [0.25, 0.3) is 0 Å². The average Bonchev–Trinajstić information content (AvgIpc) is 2.67. The Kier molecular flexibility index (Phi) is 6.10. The Morgan fingerprint density at radius 1 is 1.04 bits per heavy atom. The molecule has 132 valence electrons. The molecule has 25 heavy (non-hydrogen) atoms. The lowest BCUT2D eigenvalue weighted by Gasteiger charge is -2.37. The first kappa shape index (κ1) is 18.0. The molecular formula is C20H23BrN2O2. The van der Waals surface area contributed by atoms with E-state index in [0.29, 0.717) is 25.7 Å². The van der Waals surface area contributed by atoms with Crippen molar-refractivity contribution < 1.29 is 9.53 Å². The van der Waals surface area contributed by atoms with Gasteiger partial charge in [-0.2, -0.15) is 0 Å². The van der Waals surface area contributed by atoms with Crippen LogP contribution in [0.2, 0.25) is 0 Å². The molecule has 1 atom stereocenters. The zero-order chi connectivity index (χ0) is 17.6. The second kappa shape index (κ2) is 8.50. The molecule has 0 spiro atoms. The van der Waals surface area contributed by atoms with Crippen LogP contribution in [0.3, 0.4) is 0 Å². The van der Waals surface area contributed by atoms with Crippen molar-refractivity contribution in [1.29, 1.82) is 0 Å². The maximum Gasteiger partial charge on any atom is 0.410 e. The molecule has 0 aromatic heterocycles. The van der Waals surface area contributed by atoms with Crippen molar-refractivity contribution in [3.8, 4) is 0 Å². The zero-order valence-electron chi connectivity index (χ0n) is 14.4. The molecule has 1 aliphatic heterocycles. The van der Waals surface area contributed by atoms with E-state index in [-0.39, 0.29) is 6.09 Å². The number of ether oxygens (including phenoxy) is 1. The Morgan fingerprint density at radius 2 is 1.68 bits per heavy atom. The molecule has 1 saturated heterocycles. The molecule has 5 heteroatoms. The summed E-state index contributed by atoms with van der Waals surface area (Å²) in [5.41, 5.74) is 2.31. The van der Waals surface area contributed by atoms with Crippen LogP contribution in [0.15, 0.2) is 59.1 Å². The van der Waals surface area contributed by atoms with Gasteiger partial charge in [-0.25, -0.2) is 4.79 Å². The van der Waals surface area contributed by atoms with Gasteiger partial charge in [0, 0.05) is 36.7 Å². The number of halogens is 1. The Morgan fingerprint density at radius 3 is 2.32 bits per heavy atom. The predicted octanol–water partition coefficient (Wildman–Crippen LogP) is 4.46. The molecule has 1 heterocycles. The Balaban J connectivity index is 1.47. The van der Waals surface area contributed by atoms with Crippen molar-refractivity contribution >= 4 is 22.0 Å². The van der Waals surface area contributed by atoms with Crippen molar-refractivity contribution in [2.24, 2.45) is 0 Å². The van der Waals surface area contributed by atoms with Gasteiger partial charge in [-0.3, -0.25) is 4.90 Å². The van der Waals surface area contributed by atoms with Gasteiger partial charge in [0.1, 0.15) is 6.61 Å². The van der Waals surface area contributed by atoms with Crippen LogP contribution in [0.5, 0.6) is 0 Å². The molecule has 0 bridgehead atoms. The summed E-state index contributed by atoms with van der Waals surface area (Å²) in [6, 6.07) is 18.6. The Labute approximate surface area is 157 Å². The van der Waals surface area contributed by atoms with Gasteiger partial charge in [-0.1, -0.05) is 58.4 Å². The van der Waals surface area contributed by atoms with E-state index < -0.39 is 0 Å². The average molecular weight is 403 g/mol. The maximum atomic E-state index is 12.2. The molecule has 1 aliphatic rings. The first-order chi connectivity index (χ1) is 12.1. The van der Waals surface area contributed by atoms with Crippen LogP contribution in [-0.2, 0) is 11.3 Å². The van der Waals surface area contributed by atoms with Gasteiger partial charge in [0.2, 0.25) is 0 Å². The van der Waals surface area contributed by atoms with Gasteiger partial charge in [0.25, 0.3) is 0 Å². The largest absolute Gasteiger partial charge is 0.445 e. The fourth-order valence-electron chi connectivity index (χ4n) is 3.05. The smallest absolute Gasteiger partial charge is 0.410 e. The Bertz CT molecular complexity index is 683. The molecule has 0 saturated carbocycles. The molecule has 0 N–H and O–H groups in total. The van der Waals surface area contributed by atoms with E-state index in [1.54, 1.807) is 4.90 Å². The normalized spacial score (nSPS) is 16.5. The summed E-state index contributed by atoms with van der Waals surface area (Å²) < 4.78 is 6.52. The second-order valence-corrected chi connectivity index (χ2v) is 7.21. The summed E-state index contributed by atoms with van der Waals surface area (Å²) in [7, 11) is 0. The van der Waals surface area contributed by atoms with Crippen LogP contribution in [0, 0.1) is 0 Å². The maximum absolute atomic E-state index is 12.2. The molecule has 0 radical (unpaired) electrons. The third kappa shape index (κ3) is 4.83. The van der Waals surface area contributed by atoms with Crippen molar-refractivity contribution in [2.45, 2.75) is 19.6 Å². The highest BCUT2D eigenvalue weighted by Crippen LogP contribution is 2.23. The zero-order valence-corrected chi connectivity index (χ0v) is 16.0. The molecule has 2 aromatic carbocycles. The van der Waals surface area contributed by atoms with E-state index in [0.717, 1.165) is 23.1 Å². The molecule has 0 aliphatic carbocycles. The topological polar surface area (TPSA) is 32.8 Å². The number of benzene rings is 2. The third-order valence-electron chi connectivity index (χ3n) is 4.68. The van der Waals surface area contributed by atoms with E-state index in [9.17, 15) is 4.79 Å². The summed E-state index contributed by atoms with van der Waals surface area (Å²) in [6.45, 7) is 5.67. The van der Waals surface area contributed by atoms with Gasteiger partial charge >= 0.3 is 6.09 Å². The summed E-state index contributed by atoms with van der Waals surface area (Å²) in [5.74, 6) is 0. The van der Waals surface area contributed by atoms with Crippen molar-refractivity contribution in [2.75, 3.05) is 26.2 Å². The Hall–Kier alpha value is -1.85. The lowest BCUT2D eigenvalue weighted by Crippen LogP contribution is -2.49. The third-order valence-corrected chi connectivity index (χ3v) is 5.21. The highest BCUT2D eigenvalue weighted by Gasteiger charge is 2.25. The van der Waals surface area contributed by atoms with E-state index in [1.807, 2.05) is 30.3 Å². The lowest BCUT2D eigenvalue weighted by molar-refractivity contribution is 0.0620. The minimum atomic E-state index is -0.222. The van der Waals surface area contributed by atoms with Crippen molar-refractivity contribution in [1.82, 2.24) is 9.80 Å². The van der Waals surface area contributed by atoms with Gasteiger partial charge in [0.05, 0.1) is 0 Å². The lowest BCUT2D eigenvalue weighted by atomic mass is 10.1. The molecule has 3 rings (SSSR count). The number of nitrogens with zero attached hydrogens (tertiary/aromatic N) is 2. The molecule has 4 nitrogen and oxygen atoms in total. The van der Waals surface area contributed by atoms with Crippen LogP contribution in [-0.4, -0.2) is 42.1 Å². The molecule has 1 unspecified atom stereocenters. The highest BCUT2D eigenvalue weighted by atomic mass is 79.9. The quantitative estimate of drug-likeness (QED) is 0.756. The van der Waals surface area contributed by atoms with Gasteiger partial charge < -0.3 is 9.64 Å². The van der Waals surface area contributed by atoms with E-state index in [2.05, 4.69) is 52.0 Å². The van der Waals surface area contributed by atoms with Crippen molar-refractivity contribution in [3.05, 3.63) is 70.2 Å². The number of hydrogen-bond donors (Lipinski definition) is 0. The molecule has 1 fully saturated rings. The monoisotopic (exact) mass is 402 g/mol. The predicted molar refractivity (Wildman–Crippen MR) is 102 cm³/mol. The summed E-state index contributed by atoms with van der Waals surface area (Å²) in [6.07, 6.45) is -0.222. The minimum Gasteiger partial charge on any atom is -0.445 e. The van der Waals surface area contributed by atoms with Crippen LogP contribution in [0.1, 0.15) is 24.1 Å². The SMILES string of the molecule is CC(c1ccc(Br)cc1)N1CCN(C(=O)OCc2ccccc2)CC1. The number of hydrogen-bond acceptors (Lipinski definition) is 3. The minimum absolute atomic E-state index is 0.222. The fourth-order valence-corrected chi connectivity index (χ4v) is 3.32. The van der Waals surface area contributed by atoms with E-state index in [4.69, 9.17) is 4.74 Å². The number of piperazine rings is 1. The number of carbonyl (C=O) groups excluding carboxylic acids is 1. The van der Waals surface area contributed by atoms with Crippen molar-refractivity contribution in [3.63, 3.8) is 0 Å². The number of amides is 1. The summed E-state index contributed by atoms with van der Waals surface area (Å²) in [5, 5.41) is 0. The first-order valence-electron chi connectivity index (χ1n) is 8.58. The van der Waals surface area contributed by atoms with Gasteiger partial charge in [0.15, 0.2) is 0 Å². The van der Waals surface area contributed by atoms with Crippen LogP contribution in [0.4, 0.5) is 4.79 Å². The molecule has 1 amide bonds. The highest BCUT2D eigenvalue weighted by molar-refractivity contribution is 9.10. The standard InChI is InChI=1S/C20H23BrN2O2/c1-16(18-7-9-19(21)10-8-18)22-11-13-23(14-12-22)20(24)25-15-17-5-3-2-4-6-17/h2-10,16H,11-15H2,1H3. The summed E-state index contributed by atoms with van der Waals surface area (Å²) in [4.78, 5) is 16.4. The fraction of sp³-hybridized carbons (Fsp3) is 0.350. The molecule has 2 aromatic rings. The number of rotatable bonds is 4. The van der Waals surface area contributed by atoms with Gasteiger partial charge in [-0.15, -0.1) is 0 Å².